The Balaban J connectivity index is 1.30. The minimum Gasteiger partial charge on any atom is -0.384 e. The van der Waals surface area contributed by atoms with Crippen molar-refractivity contribution in [2.45, 2.75) is 43.8 Å². The Morgan fingerprint density at radius 2 is 2.24 bits per heavy atom. The average Bonchev–Trinajstić information content (AvgIpc) is 3.24. The average molecular weight is 562 g/mol. The number of alkyl halides is 1. The lowest BCUT2D eigenvalue weighted by Crippen LogP contribution is -2.56. The second kappa shape index (κ2) is 8.46. The number of fused-ring (bicyclic) bond motifs is 1. The zero-order valence-corrected chi connectivity index (χ0v) is 21.2. The number of nitrogens with two attached hydrogens (primary N) is 1. The predicted octanol–water partition coefficient (Wildman–Crippen LogP) is 2.39. The molecular weight excluding hydrogens is 531 g/mol. The van der Waals surface area contributed by atoms with Crippen molar-refractivity contribution in [3.05, 3.63) is 37.3 Å². The molecule has 1 saturated heterocycles. The molecule has 1 saturated carbocycles. The van der Waals surface area contributed by atoms with Gasteiger partial charge in [-0.2, -0.15) is 10.2 Å². The van der Waals surface area contributed by atoms with Crippen LogP contribution in [-0.2, 0) is 11.8 Å². The van der Waals surface area contributed by atoms with Crippen molar-refractivity contribution in [1.29, 1.82) is 0 Å². The second-order valence-electron chi connectivity index (χ2n) is 9.56. The van der Waals surface area contributed by atoms with Crippen molar-refractivity contribution in [1.82, 2.24) is 29.8 Å². The van der Waals surface area contributed by atoms with E-state index in [1.807, 2.05) is 36.6 Å². The van der Waals surface area contributed by atoms with Crippen molar-refractivity contribution in [3.8, 4) is 11.1 Å². The molecule has 1 aliphatic carbocycles. The van der Waals surface area contributed by atoms with Crippen LogP contribution in [0, 0.1) is 11.8 Å². The van der Waals surface area contributed by atoms with Gasteiger partial charge in [0.05, 0.1) is 28.5 Å². The summed E-state index contributed by atoms with van der Waals surface area (Å²) in [6.45, 7) is 6.80. The van der Waals surface area contributed by atoms with Gasteiger partial charge < -0.3 is 21.3 Å². The summed E-state index contributed by atoms with van der Waals surface area (Å²) >= 11 is 2.29. The first-order chi connectivity index (χ1) is 15.8. The van der Waals surface area contributed by atoms with E-state index in [2.05, 4.69) is 63.0 Å². The molecular formula is C23H31IN8O. The molecule has 4 N–H and O–H groups in total. The molecule has 9 nitrogen and oxygen atoms in total. The van der Waals surface area contributed by atoms with Crippen molar-refractivity contribution in [3.63, 3.8) is 0 Å². The molecule has 2 fully saturated rings. The number of halogens is 1. The third-order valence-electron chi connectivity index (χ3n) is 7.35. The molecule has 0 aromatic carbocycles. The number of carbonyl (C=O) groups is 1. The lowest BCUT2D eigenvalue weighted by molar-refractivity contribution is -0.133. The van der Waals surface area contributed by atoms with Crippen LogP contribution in [0.2, 0.25) is 0 Å². The van der Waals surface area contributed by atoms with Crippen LogP contribution in [0.4, 0.5) is 5.82 Å². The number of hydrogen-bond donors (Lipinski definition) is 3. The summed E-state index contributed by atoms with van der Waals surface area (Å²) in [6.07, 6.45) is 12.4. The van der Waals surface area contributed by atoms with Crippen LogP contribution in [0.3, 0.4) is 0 Å². The highest BCUT2D eigenvalue weighted by Crippen LogP contribution is 2.40. The van der Waals surface area contributed by atoms with Crippen molar-refractivity contribution >= 4 is 40.1 Å². The fourth-order valence-corrected chi connectivity index (χ4v) is 6.06. The Morgan fingerprint density at radius 1 is 1.42 bits per heavy atom. The number of hydrogen-bond acceptors (Lipinski definition) is 6. The lowest BCUT2D eigenvalue weighted by Gasteiger charge is -2.43. The maximum absolute atomic E-state index is 13.2. The largest absolute Gasteiger partial charge is 0.384 e. The first kappa shape index (κ1) is 22.5. The molecule has 3 aliphatic rings. The summed E-state index contributed by atoms with van der Waals surface area (Å²) in [6, 6.07) is 0.185. The van der Waals surface area contributed by atoms with E-state index in [1.54, 1.807) is 9.36 Å². The SMILES string of the molecule is C=CC1CC1N(CI)C(=O)C1CCC([C@@]2(C)C=C(N)n3ncc(-c4cnn(C)c4)c3N2)CN1. The van der Waals surface area contributed by atoms with Crippen LogP contribution in [0.5, 0.6) is 0 Å². The Morgan fingerprint density at radius 3 is 2.85 bits per heavy atom. The van der Waals surface area contributed by atoms with Crippen LogP contribution in [0.15, 0.2) is 37.3 Å². The van der Waals surface area contributed by atoms with E-state index in [-0.39, 0.29) is 23.4 Å². The lowest BCUT2D eigenvalue weighted by atomic mass is 9.78. The Kier molecular flexibility index (Phi) is 5.76. The molecule has 4 unspecified atom stereocenters. The highest BCUT2D eigenvalue weighted by Gasteiger charge is 2.45. The first-order valence-corrected chi connectivity index (χ1v) is 12.9. The van der Waals surface area contributed by atoms with Crippen LogP contribution < -0.4 is 16.4 Å². The maximum atomic E-state index is 13.2. The highest BCUT2D eigenvalue weighted by molar-refractivity contribution is 14.1. The molecule has 1 amide bonds. The second-order valence-corrected chi connectivity index (χ2v) is 10.2. The summed E-state index contributed by atoms with van der Waals surface area (Å²) in [5.74, 6) is 2.42. The molecule has 5 atom stereocenters. The quantitative estimate of drug-likeness (QED) is 0.216. The first-order valence-electron chi connectivity index (χ1n) is 11.4. The highest BCUT2D eigenvalue weighted by atomic mass is 127. The number of carbonyl (C=O) groups excluding carboxylic acids is 1. The molecule has 0 radical (unpaired) electrons. The van der Waals surface area contributed by atoms with E-state index in [0.29, 0.717) is 22.3 Å². The van der Waals surface area contributed by atoms with Gasteiger partial charge in [0.2, 0.25) is 5.91 Å². The summed E-state index contributed by atoms with van der Waals surface area (Å²) in [4.78, 5) is 15.2. The third kappa shape index (κ3) is 3.96. The van der Waals surface area contributed by atoms with Crippen LogP contribution in [0.1, 0.15) is 26.2 Å². The van der Waals surface area contributed by atoms with Gasteiger partial charge in [-0.3, -0.25) is 9.48 Å². The molecule has 10 heteroatoms. The van der Waals surface area contributed by atoms with Gasteiger partial charge in [-0.15, -0.1) is 6.58 Å². The number of piperidine rings is 1. The fraction of sp³-hybridized carbons (Fsp3) is 0.522. The predicted molar refractivity (Wildman–Crippen MR) is 137 cm³/mol. The number of nitrogens with one attached hydrogen (secondary N) is 2. The zero-order valence-electron chi connectivity index (χ0n) is 19.0. The molecule has 2 aromatic rings. The minimum atomic E-state index is -0.356. The van der Waals surface area contributed by atoms with Gasteiger partial charge >= 0.3 is 0 Å². The summed E-state index contributed by atoms with van der Waals surface area (Å²) in [7, 11) is 1.90. The number of rotatable bonds is 6. The topological polar surface area (TPSA) is 106 Å². The van der Waals surface area contributed by atoms with Gasteiger partial charge in [0.15, 0.2) is 0 Å². The molecule has 5 rings (SSSR count). The molecule has 4 heterocycles. The van der Waals surface area contributed by atoms with E-state index in [1.165, 1.54) is 0 Å². The van der Waals surface area contributed by atoms with Crippen LogP contribution in [0.25, 0.3) is 16.9 Å². The Hall–Kier alpha value is -2.34. The zero-order chi connectivity index (χ0) is 23.3. The van der Waals surface area contributed by atoms with Gasteiger partial charge in [0.25, 0.3) is 0 Å². The van der Waals surface area contributed by atoms with Crippen LogP contribution in [-0.4, -0.2) is 59.1 Å². The van der Waals surface area contributed by atoms with E-state index < -0.39 is 0 Å². The molecule has 2 aromatic heterocycles. The third-order valence-corrected chi connectivity index (χ3v) is 8.08. The van der Waals surface area contributed by atoms with Crippen LogP contribution >= 0.6 is 22.6 Å². The van der Waals surface area contributed by atoms with Gasteiger partial charge in [0.1, 0.15) is 11.6 Å². The number of anilines is 1. The van der Waals surface area contributed by atoms with E-state index >= 15 is 0 Å². The molecule has 176 valence electrons. The van der Waals surface area contributed by atoms with Gasteiger partial charge in [-0.25, -0.2) is 4.68 Å². The molecule has 2 aliphatic heterocycles. The summed E-state index contributed by atoms with van der Waals surface area (Å²) in [5.41, 5.74) is 8.05. The van der Waals surface area contributed by atoms with Gasteiger partial charge in [-0.1, -0.05) is 28.7 Å². The summed E-state index contributed by atoms with van der Waals surface area (Å²) in [5, 5.41) is 16.0. The van der Waals surface area contributed by atoms with Gasteiger partial charge in [0, 0.05) is 37.0 Å². The number of nitrogens with zero attached hydrogens (tertiary/aromatic N) is 5. The fourth-order valence-electron chi connectivity index (χ4n) is 5.22. The Bertz CT molecular complexity index is 1100. The van der Waals surface area contributed by atoms with Gasteiger partial charge in [-0.05, 0) is 44.1 Å². The van der Waals surface area contributed by atoms with Crippen molar-refractivity contribution in [2.24, 2.45) is 24.6 Å². The van der Waals surface area contributed by atoms with Crippen molar-refractivity contribution in [2.75, 3.05) is 16.4 Å². The molecule has 0 bridgehead atoms. The Labute approximate surface area is 207 Å². The molecule has 0 spiro atoms. The van der Waals surface area contributed by atoms with E-state index in [0.717, 1.165) is 42.8 Å². The van der Waals surface area contributed by atoms with E-state index in [9.17, 15) is 4.79 Å². The maximum Gasteiger partial charge on any atom is 0.240 e. The number of aromatic nitrogens is 4. The number of amides is 1. The normalized spacial score (nSPS) is 30.7. The standard InChI is InChI=1S/C23H31IN8O/c1-4-14-7-19(14)31(13-24)22(33)18-6-5-16(10-26-18)23(2)8-20(25)32-21(29-23)17(11-28-32)15-9-27-30(3)12-15/h4,8-9,11-12,14,16,18-19,26,29H,1,5-7,10,13,25H2,2-3H3/t14?,16?,18?,19?,23-/m1/s1. The smallest absolute Gasteiger partial charge is 0.240 e. The van der Waals surface area contributed by atoms with Crippen molar-refractivity contribution < 1.29 is 4.79 Å². The number of aryl methyl sites for hydroxylation is 1. The summed E-state index contributed by atoms with van der Waals surface area (Å²) < 4.78 is 4.24. The molecule has 33 heavy (non-hydrogen) atoms. The monoisotopic (exact) mass is 562 g/mol. The minimum absolute atomic E-state index is 0.132. The van der Waals surface area contributed by atoms with E-state index in [4.69, 9.17) is 5.73 Å².